The largest absolute Gasteiger partial charge is 0.387 e. The zero-order valence-corrected chi connectivity index (χ0v) is 16.1. The van der Waals surface area contributed by atoms with Crippen molar-refractivity contribution < 1.29 is 34.9 Å². The van der Waals surface area contributed by atoms with Crippen LogP contribution in [0.5, 0.6) is 0 Å². The van der Waals surface area contributed by atoms with Gasteiger partial charge in [-0.2, -0.15) is 0 Å². The van der Waals surface area contributed by atoms with E-state index in [0.717, 1.165) is 19.3 Å². The minimum Gasteiger partial charge on any atom is -0.387 e. The maximum atomic E-state index is 11.5. The molecule has 0 aliphatic rings. The van der Waals surface area contributed by atoms with E-state index in [4.69, 9.17) is 5.11 Å². The van der Waals surface area contributed by atoms with Crippen LogP contribution in [0.4, 0.5) is 0 Å². The fourth-order valence-corrected chi connectivity index (χ4v) is 2.47. The predicted octanol–water partition coefficient (Wildman–Crippen LogP) is 1.11. The van der Waals surface area contributed by atoms with E-state index in [9.17, 15) is 24.9 Å². The number of carbonyl (C=O) groups excluding carboxylic acids is 2. The van der Waals surface area contributed by atoms with Crippen molar-refractivity contribution in [3.8, 4) is 0 Å². The lowest BCUT2D eigenvalue weighted by Gasteiger charge is -2.22. The summed E-state index contributed by atoms with van der Waals surface area (Å²) in [5.41, 5.74) is 2.22. The van der Waals surface area contributed by atoms with Gasteiger partial charge in [-0.1, -0.05) is 64.4 Å². The molecule has 0 aromatic rings. The molecule has 0 heterocycles. The highest BCUT2D eigenvalue weighted by Gasteiger charge is 2.35. The van der Waals surface area contributed by atoms with Crippen LogP contribution in [0.15, 0.2) is 12.3 Å². The first-order chi connectivity index (χ1) is 13.0. The minimum absolute atomic E-state index is 0.0145. The average molecular weight is 389 g/mol. The first kappa shape index (κ1) is 25.5. The normalized spacial score (nSPS) is 15.9. The van der Waals surface area contributed by atoms with Crippen LogP contribution in [0.3, 0.4) is 0 Å². The van der Waals surface area contributed by atoms with Crippen molar-refractivity contribution in [1.29, 1.82) is 0 Å². The van der Waals surface area contributed by atoms with Crippen LogP contribution in [0.1, 0.15) is 71.1 Å². The summed E-state index contributed by atoms with van der Waals surface area (Å²) in [4.78, 5) is 26.3. The molecule has 0 aromatic heterocycles. The monoisotopic (exact) mass is 389 g/mol. The standard InChI is InChI=1S/C19H35NO7/c1-2-3-4-5-6-7-8-9-10-11-12-13-20-27-19(26)18(25)17(24)16(23)15(22)14-21/h12-18,20,22-25H,2-11H2,1H3. The summed E-state index contributed by atoms with van der Waals surface area (Å²) in [6.45, 7) is 2.21. The Bertz CT molecular complexity index is 417. The van der Waals surface area contributed by atoms with Gasteiger partial charge in [-0.25, -0.2) is 10.3 Å². The van der Waals surface area contributed by atoms with Gasteiger partial charge in [0.2, 0.25) is 0 Å². The number of aliphatic hydroxyl groups is 4. The van der Waals surface area contributed by atoms with Gasteiger partial charge in [0.05, 0.1) is 0 Å². The summed E-state index contributed by atoms with van der Waals surface area (Å²) in [7, 11) is 0. The summed E-state index contributed by atoms with van der Waals surface area (Å²) < 4.78 is 0. The molecule has 0 amide bonds. The highest BCUT2D eigenvalue weighted by molar-refractivity contribution is 5.75. The Morgan fingerprint density at radius 1 is 0.926 bits per heavy atom. The third-order valence-corrected chi connectivity index (χ3v) is 4.22. The number of hydroxylamine groups is 1. The maximum Gasteiger partial charge on any atom is 0.363 e. The van der Waals surface area contributed by atoms with Crippen LogP contribution in [-0.4, -0.2) is 57.1 Å². The highest BCUT2D eigenvalue weighted by atomic mass is 16.7. The molecule has 0 spiro atoms. The lowest BCUT2D eigenvalue weighted by atomic mass is 10.0. The van der Waals surface area contributed by atoms with Gasteiger partial charge >= 0.3 is 5.97 Å². The molecule has 4 unspecified atom stereocenters. The Morgan fingerprint density at radius 3 is 2.04 bits per heavy atom. The molecule has 0 aromatic carbocycles. The summed E-state index contributed by atoms with van der Waals surface area (Å²) >= 11 is 0. The van der Waals surface area contributed by atoms with Crippen molar-refractivity contribution in [2.24, 2.45) is 0 Å². The van der Waals surface area contributed by atoms with E-state index in [1.807, 2.05) is 0 Å². The highest BCUT2D eigenvalue weighted by Crippen LogP contribution is 2.10. The van der Waals surface area contributed by atoms with E-state index in [0.29, 0.717) is 0 Å². The molecule has 0 rings (SSSR count). The van der Waals surface area contributed by atoms with Crippen molar-refractivity contribution in [3.63, 3.8) is 0 Å². The molecule has 0 saturated heterocycles. The second kappa shape index (κ2) is 16.7. The first-order valence-corrected chi connectivity index (χ1v) is 9.74. The maximum absolute atomic E-state index is 11.5. The van der Waals surface area contributed by atoms with Gasteiger partial charge < -0.3 is 30.1 Å². The van der Waals surface area contributed by atoms with Crippen LogP contribution < -0.4 is 5.48 Å². The van der Waals surface area contributed by atoms with Crippen molar-refractivity contribution in [1.82, 2.24) is 5.48 Å². The molecule has 0 aliphatic carbocycles. The molecule has 0 aliphatic heterocycles. The van der Waals surface area contributed by atoms with Gasteiger partial charge in [0.25, 0.3) is 0 Å². The number of carbonyl (C=O) groups is 2. The molecule has 8 nitrogen and oxygen atoms in total. The van der Waals surface area contributed by atoms with Gasteiger partial charge in [-0.15, -0.1) is 0 Å². The average Bonchev–Trinajstić information content (AvgIpc) is 2.68. The first-order valence-electron chi connectivity index (χ1n) is 9.74. The Kier molecular flexibility index (Phi) is 15.8. The van der Waals surface area contributed by atoms with Crippen LogP contribution in [0.2, 0.25) is 0 Å². The Hall–Kier alpha value is -1.48. The number of nitrogens with one attached hydrogen (secondary N) is 1. The fourth-order valence-electron chi connectivity index (χ4n) is 2.47. The number of unbranched alkanes of at least 4 members (excludes halogenated alkanes) is 9. The van der Waals surface area contributed by atoms with Gasteiger partial charge in [0.15, 0.2) is 12.4 Å². The number of aliphatic hydroxyl groups excluding tert-OH is 4. The molecule has 0 saturated carbocycles. The zero-order valence-electron chi connectivity index (χ0n) is 16.1. The molecular formula is C19H35NO7. The zero-order chi connectivity index (χ0) is 20.5. The second-order valence-corrected chi connectivity index (χ2v) is 6.61. The summed E-state index contributed by atoms with van der Waals surface area (Å²) in [5.74, 6) is -1.24. The van der Waals surface area contributed by atoms with Crippen molar-refractivity contribution >= 4 is 12.3 Å². The van der Waals surface area contributed by atoms with Gasteiger partial charge in [0, 0.05) is 6.20 Å². The number of rotatable bonds is 17. The molecule has 4 atom stereocenters. The number of hydrogen-bond acceptors (Lipinski definition) is 8. The van der Waals surface area contributed by atoms with E-state index >= 15 is 0 Å². The minimum atomic E-state index is -2.10. The Labute approximate surface area is 161 Å². The molecule has 0 radical (unpaired) electrons. The molecule has 0 bridgehead atoms. The predicted molar refractivity (Wildman–Crippen MR) is 100 cm³/mol. The van der Waals surface area contributed by atoms with E-state index in [2.05, 4.69) is 17.2 Å². The Balaban J connectivity index is 3.72. The van der Waals surface area contributed by atoms with Gasteiger partial charge in [-0.3, -0.25) is 0 Å². The quantitative estimate of drug-likeness (QED) is 0.142. The number of hydrogen-bond donors (Lipinski definition) is 5. The Morgan fingerprint density at radius 2 is 1.48 bits per heavy atom. The van der Waals surface area contributed by atoms with E-state index in [1.165, 1.54) is 51.1 Å². The van der Waals surface area contributed by atoms with E-state index in [1.54, 1.807) is 6.08 Å². The molecule has 5 N–H and O–H groups in total. The molecule has 8 heteroatoms. The molecular weight excluding hydrogens is 354 g/mol. The number of allylic oxidation sites excluding steroid dienone is 1. The molecule has 27 heavy (non-hydrogen) atoms. The van der Waals surface area contributed by atoms with Gasteiger partial charge in [0.1, 0.15) is 18.3 Å². The summed E-state index contributed by atoms with van der Waals surface area (Å²) in [5, 5.41) is 37.4. The molecule has 0 fully saturated rings. The summed E-state index contributed by atoms with van der Waals surface area (Å²) in [6, 6.07) is 0. The summed E-state index contributed by atoms with van der Waals surface area (Å²) in [6.07, 6.45) is 7.07. The van der Waals surface area contributed by atoms with Crippen LogP contribution >= 0.6 is 0 Å². The third kappa shape index (κ3) is 12.5. The van der Waals surface area contributed by atoms with Gasteiger partial charge in [-0.05, 0) is 12.8 Å². The SMILES string of the molecule is CCCCCCCCCCCC=CNOC(=O)C(O)C(O)C(O)C(O)C=O. The number of aldehydes is 1. The van der Waals surface area contributed by atoms with Crippen molar-refractivity contribution in [2.75, 3.05) is 0 Å². The lowest BCUT2D eigenvalue weighted by Crippen LogP contribution is -2.49. The third-order valence-electron chi connectivity index (χ3n) is 4.22. The van der Waals surface area contributed by atoms with E-state index < -0.39 is 30.4 Å². The topological polar surface area (TPSA) is 136 Å². The van der Waals surface area contributed by atoms with Crippen molar-refractivity contribution in [2.45, 2.75) is 95.5 Å². The van der Waals surface area contributed by atoms with Crippen molar-refractivity contribution in [3.05, 3.63) is 12.3 Å². The second-order valence-electron chi connectivity index (χ2n) is 6.61. The fraction of sp³-hybridized carbons (Fsp3) is 0.789. The van der Waals surface area contributed by atoms with Crippen LogP contribution in [-0.2, 0) is 14.4 Å². The van der Waals surface area contributed by atoms with Crippen LogP contribution in [0, 0.1) is 0 Å². The van der Waals surface area contributed by atoms with Crippen LogP contribution in [0.25, 0.3) is 0 Å². The lowest BCUT2D eigenvalue weighted by molar-refractivity contribution is -0.174. The smallest absolute Gasteiger partial charge is 0.363 e. The van der Waals surface area contributed by atoms with E-state index in [-0.39, 0.29) is 6.29 Å². The molecule has 158 valence electrons.